The van der Waals surface area contributed by atoms with Gasteiger partial charge in [-0.25, -0.2) is 0 Å². The Labute approximate surface area is 131 Å². The lowest BCUT2D eigenvalue weighted by molar-refractivity contribution is -0.138. The van der Waals surface area contributed by atoms with Crippen molar-refractivity contribution in [3.63, 3.8) is 0 Å². The molecule has 21 heavy (non-hydrogen) atoms. The van der Waals surface area contributed by atoms with E-state index in [-0.39, 0.29) is 12.5 Å². The van der Waals surface area contributed by atoms with Crippen LogP contribution in [-0.4, -0.2) is 66.6 Å². The molecule has 0 aliphatic carbocycles. The fourth-order valence-corrected chi connectivity index (χ4v) is 2.82. The predicted molar refractivity (Wildman–Crippen MR) is 80.7 cm³/mol. The van der Waals surface area contributed by atoms with Gasteiger partial charge in [-0.1, -0.05) is 0 Å². The first-order valence-electron chi connectivity index (χ1n) is 6.58. The van der Waals surface area contributed by atoms with Crippen LogP contribution in [0.4, 0.5) is 0 Å². The third-order valence-electron chi connectivity index (χ3n) is 3.42. The van der Waals surface area contributed by atoms with Gasteiger partial charge in [-0.2, -0.15) is 0 Å². The van der Waals surface area contributed by atoms with Crippen LogP contribution in [0, 0.1) is 0 Å². The minimum atomic E-state index is -0.839. The van der Waals surface area contributed by atoms with E-state index in [9.17, 15) is 9.59 Å². The molecule has 114 valence electrons. The van der Waals surface area contributed by atoms with Crippen LogP contribution in [0.2, 0.25) is 0 Å². The second-order valence-corrected chi connectivity index (χ2v) is 5.67. The number of nitrogens with zero attached hydrogens (tertiary/aromatic N) is 2. The van der Waals surface area contributed by atoms with Gasteiger partial charge in [-0.3, -0.25) is 14.5 Å². The summed E-state index contributed by atoms with van der Waals surface area (Å²) in [6.45, 7) is 2.26. The van der Waals surface area contributed by atoms with E-state index >= 15 is 0 Å². The van der Waals surface area contributed by atoms with Gasteiger partial charge in [0.1, 0.15) is 5.75 Å². The number of benzene rings is 1. The second-order valence-electron chi connectivity index (χ2n) is 4.81. The number of hydrogen-bond acceptors (Lipinski definition) is 4. The van der Waals surface area contributed by atoms with Crippen LogP contribution in [0.3, 0.4) is 0 Å². The Hall–Kier alpha value is -1.60. The topological polar surface area (TPSA) is 70.1 Å². The maximum atomic E-state index is 12.4. The number of carbonyl (C=O) groups is 2. The monoisotopic (exact) mass is 356 g/mol. The zero-order valence-corrected chi connectivity index (χ0v) is 13.3. The number of carboxylic acids is 1. The van der Waals surface area contributed by atoms with E-state index in [4.69, 9.17) is 9.84 Å². The van der Waals surface area contributed by atoms with Gasteiger partial charge >= 0.3 is 5.97 Å². The van der Waals surface area contributed by atoms with Crippen molar-refractivity contribution in [1.29, 1.82) is 0 Å². The smallest absolute Gasteiger partial charge is 0.317 e. The Morgan fingerprint density at radius 1 is 1.29 bits per heavy atom. The molecule has 0 spiro atoms. The van der Waals surface area contributed by atoms with Gasteiger partial charge in [-0.05, 0) is 34.1 Å². The molecule has 1 fully saturated rings. The number of ether oxygens (including phenoxy) is 1. The van der Waals surface area contributed by atoms with E-state index in [1.807, 2.05) is 4.90 Å². The van der Waals surface area contributed by atoms with Crippen molar-refractivity contribution in [3.05, 3.63) is 28.2 Å². The Kier molecular flexibility index (Phi) is 5.19. The van der Waals surface area contributed by atoms with Crippen molar-refractivity contribution in [2.24, 2.45) is 0 Å². The predicted octanol–water partition coefficient (Wildman–Crippen LogP) is 1.30. The zero-order valence-electron chi connectivity index (χ0n) is 11.7. The molecule has 0 unspecified atom stereocenters. The fraction of sp³-hybridized carbons (Fsp3) is 0.429. The first kappa shape index (κ1) is 15.8. The molecule has 0 atom stereocenters. The number of methoxy groups -OCH3 is 1. The van der Waals surface area contributed by atoms with Crippen LogP contribution in [-0.2, 0) is 4.79 Å². The average Bonchev–Trinajstić information content (AvgIpc) is 2.46. The maximum Gasteiger partial charge on any atom is 0.317 e. The molecule has 1 saturated heterocycles. The van der Waals surface area contributed by atoms with E-state index in [1.165, 1.54) is 0 Å². The van der Waals surface area contributed by atoms with Crippen molar-refractivity contribution < 1.29 is 19.4 Å². The quantitative estimate of drug-likeness (QED) is 0.880. The van der Waals surface area contributed by atoms with Crippen LogP contribution in [0.15, 0.2) is 22.7 Å². The highest BCUT2D eigenvalue weighted by Gasteiger charge is 2.23. The zero-order chi connectivity index (χ0) is 15.4. The molecular weight excluding hydrogens is 340 g/mol. The highest BCUT2D eigenvalue weighted by atomic mass is 79.9. The highest BCUT2D eigenvalue weighted by molar-refractivity contribution is 9.10. The van der Waals surface area contributed by atoms with Gasteiger partial charge in [0.2, 0.25) is 0 Å². The summed E-state index contributed by atoms with van der Waals surface area (Å²) in [5.41, 5.74) is 0.592. The molecule has 0 saturated carbocycles. The van der Waals surface area contributed by atoms with Gasteiger partial charge in [0.05, 0.1) is 18.1 Å². The molecular formula is C14H17BrN2O4. The summed E-state index contributed by atoms with van der Waals surface area (Å²) in [7, 11) is 1.57. The standard InChI is InChI=1S/C14H17BrN2O4/c1-21-12-3-2-10(8-11(12)15)14(20)17-6-4-16(5-7-17)9-13(18)19/h2-3,8H,4-7,9H2,1H3,(H,18,19). The van der Waals surface area contributed by atoms with Crippen LogP contribution >= 0.6 is 15.9 Å². The van der Waals surface area contributed by atoms with Gasteiger partial charge in [0.25, 0.3) is 5.91 Å². The second kappa shape index (κ2) is 6.91. The van der Waals surface area contributed by atoms with Crippen LogP contribution in [0.25, 0.3) is 0 Å². The molecule has 6 nitrogen and oxygen atoms in total. The van der Waals surface area contributed by atoms with E-state index in [0.717, 1.165) is 4.47 Å². The minimum Gasteiger partial charge on any atom is -0.496 e. The normalized spacial score (nSPS) is 15.8. The molecule has 1 N–H and O–H groups in total. The van der Waals surface area contributed by atoms with Crippen molar-refractivity contribution in [1.82, 2.24) is 9.80 Å². The summed E-state index contributed by atoms with van der Waals surface area (Å²) in [6.07, 6.45) is 0. The van der Waals surface area contributed by atoms with Crippen molar-refractivity contribution in [2.75, 3.05) is 39.8 Å². The molecule has 1 heterocycles. The minimum absolute atomic E-state index is 0.0239. The maximum absolute atomic E-state index is 12.4. The number of carboxylic acid groups (broad SMARTS) is 1. The molecule has 1 aromatic carbocycles. The first-order valence-corrected chi connectivity index (χ1v) is 7.37. The lowest BCUT2D eigenvalue weighted by Crippen LogP contribution is -2.49. The van der Waals surface area contributed by atoms with Gasteiger partial charge in [0.15, 0.2) is 0 Å². The van der Waals surface area contributed by atoms with Crippen LogP contribution < -0.4 is 4.74 Å². The number of piperazine rings is 1. The van der Waals surface area contributed by atoms with Crippen LogP contribution in [0.1, 0.15) is 10.4 Å². The largest absolute Gasteiger partial charge is 0.496 e. The molecule has 7 heteroatoms. The number of amides is 1. The summed E-state index contributed by atoms with van der Waals surface area (Å²) in [5, 5.41) is 8.76. The molecule has 1 amide bonds. The van der Waals surface area contributed by atoms with Crippen molar-refractivity contribution in [2.45, 2.75) is 0 Å². The number of carbonyl (C=O) groups excluding carboxylic acids is 1. The lowest BCUT2D eigenvalue weighted by Gasteiger charge is -2.33. The Balaban J connectivity index is 1.98. The highest BCUT2D eigenvalue weighted by Crippen LogP contribution is 2.26. The summed E-state index contributed by atoms with van der Waals surface area (Å²) >= 11 is 3.37. The number of aliphatic carboxylic acids is 1. The average molecular weight is 357 g/mol. The molecule has 1 aliphatic heterocycles. The molecule has 1 aromatic rings. The molecule has 2 rings (SSSR count). The molecule has 0 radical (unpaired) electrons. The summed E-state index contributed by atoms with van der Waals surface area (Å²) < 4.78 is 5.88. The van der Waals surface area contributed by atoms with Crippen molar-refractivity contribution >= 4 is 27.8 Å². The van der Waals surface area contributed by atoms with E-state index in [2.05, 4.69) is 15.9 Å². The third kappa shape index (κ3) is 3.95. The lowest BCUT2D eigenvalue weighted by atomic mass is 10.1. The SMILES string of the molecule is COc1ccc(C(=O)N2CCN(CC(=O)O)CC2)cc1Br. The number of halogens is 1. The first-order chi connectivity index (χ1) is 10.0. The Morgan fingerprint density at radius 2 is 1.95 bits per heavy atom. The Morgan fingerprint density at radius 3 is 2.48 bits per heavy atom. The van der Waals surface area contributed by atoms with Gasteiger partial charge < -0.3 is 14.7 Å². The fourth-order valence-electron chi connectivity index (χ4n) is 2.28. The summed E-state index contributed by atoms with van der Waals surface area (Å²) in [5.74, 6) is -0.208. The van der Waals surface area contributed by atoms with E-state index in [0.29, 0.717) is 37.5 Å². The molecule has 1 aliphatic rings. The van der Waals surface area contributed by atoms with Crippen molar-refractivity contribution in [3.8, 4) is 5.75 Å². The Bertz CT molecular complexity index is 542. The van der Waals surface area contributed by atoms with Gasteiger partial charge in [-0.15, -0.1) is 0 Å². The van der Waals surface area contributed by atoms with E-state index < -0.39 is 5.97 Å². The van der Waals surface area contributed by atoms with Crippen LogP contribution in [0.5, 0.6) is 5.75 Å². The summed E-state index contributed by atoms with van der Waals surface area (Å²) in [4.78, 5) is 26.6. The third-order valence-corrected chi connectivity index (χ3v) is 4.04. The number of hydrogen-bond donors (Lipinski definition) is 1. The van der Waals surface area contributed by atoms with Gasteiger partial charge in [0, 0.05) is 31.7 Å². The number of rotatable bonds is 4. The summed E-state index contributed by atoms with van der Waals surface area (Å²) in [6, 6.07) is 5.22. The van der Waals surface area contributed by atoms with E-state index in [1.54, 1.807) is 30.2 Å². The molecule has 0 aromatic heterocycles. The molecule has 0 bridgehead atoms.